The number of aryl methyl sites for hydroxylation is 1. The van der Waals surface area contributed by atoms with Gasteiger partial charge in [-0.15, -0.1) is 0 Å². The van der Waals surface area contributed by atoms with Crippen LogP contribution in [0.3, 0.4) is 0 Å². The molecule has 0 saturated carbocycles. The highest BCUT2D eigenvalue weighted by molar-refractivity contribution is 5.78. The number of aromatic nitrogens is 2. The molecule has 1 aromatic heterocycles. The van der Waals surface area contributed by atoms with Crippen LogP contribution in [0.15, 0.2) is 41.2 Å². The molecule has 2 heterocycles. The largest absolute Gasteiger partial charge is 0.373 e. The van der Waals surface area contributed by atoms with Gasteiger partial charge in [-0.1, -0.05) is 18.2 Å². The topological polar surface area (TPSA) is 64.4 Å². The van der Waals surface area contributed by atoms with Gasteiger partial charge in [0.25, 0.3) is 5.56 Å². The quantitative estimate of drug-likeness (QED) is 0.815. The van der Waals surface area contributed by atoms with Gasteiger partial charge in [0.05, 0.1) is 24.8 Å². The Labute approximate surface area is 151 Å². The van der Waals surface area contributed by atoms with Crippen LogP contribution >= 0.6 is 0 Å². The number of hydrogen-bond donors (Lipinski definition) is 0. The first kappa shape index (κ1) is 18.3. The summed E-state index contributed by atoms with van der Waals surface area (Å²) in [5.74, 6) is -0.270. The normalized spacial score (nSPS) is 15.2. The van der Waals surface area contributed by atoms with Crippen LogP contribution in [0, 0.1) is 5.82 Å². The number of likely N-dealkylation sites (tertiary alicyclic amines) is 1. The molecule has 0 aliphatic carbocycles. The predicted octanol–water partition coefficient (Wildman–Crippen LogP) is 1.67. The summed E-state index contributed by atoms with van der Waals surface area (Å²) < 4.78 is 20.6. The Morgan fingerprint density at radius 3 is 2.65 bits per heavy atom. The summed E-state index contributed by atoms with van der Waals surface area (Å²) in [5.41, 5.74) is 0.927. The Bertz CT molecular complexity index is 829. The number of rotatable bonds is 5. The van der Waals surface area contributed by atoms with Gasteiger partial charge < -0.3 is 9.64 Å². The number of halogens is 1. The zero-order valence-electron chi connectivity index (χ0n) is 14.7. The van der Waals surface area contributed by atoms with Crippen LogP contribution in [0.4, 0.5) is 4.39 Å². The van der Waals surface area contributed by atoms with Crippen molar-refractivity contribution in [2.75, 3.05) is 13.1 Å². The van der Waals surface area contributed by atoms with Crippen molar-refractivity contribution in [2.24, 2.45) is 7.05 Å². The van der Waals surface area contributed by atoms with Crippen molar-refractivity contribution in [3.8, 4) is 0 Å². The maximum Gasteiger partial charge on any atom is 0.266 e. The van der Waals surface area contributed by atoms with Crippen LogP contribution in [0.25, 0.3) is 0 Å². The number of carbonyl (C=O) groups excluding carboxylic acids is 1. The van der Waals surface area contributed by atoms with E-state index in [2.05, 4.69) is 5.10 Å². The highest BCUT2D eigenvalue weighted by Gasteiger charge is 2.23. The van der Waals surface area contributed by atoms with E-state index >= 15 is 0 Å². The van der Waals surface area contributed by atoms with E-state index in [9.17, 15) is 14.0 Å². The molecule has 6 nitrogen and oxygen atoms in total. The second-order valence-corrected chi connectivity index (χ2v) is 6.45. The third-order valence-corrected chi connectivity index (χ3v) is 4.58. The van der Waals surface area contributed by atoms with Gasteiger partial charge in [0.15, 0.2) is 0 Å². The molecule has 1 amide bonds. The smallest absolute Gasteiger partial charge is 0.266 e. The van der Waals surface area contributed by atoms with Gasteiger partial charge in [-0.05, 0) is 25.0 Å². The van der Waals surface area contributed by atoms with Crippen molar-refractivity contribution < 1.29 is 13.9 Å². The Kier molecular flexibility index (Phi) is 5.78. The number of nitrogens with zero attached hydrogens (tertiary/aromatic N) is 3. The second-order valence-electron chi connectivity index (χ2n) is 6.45. The lowest BCUT2D eigenvalue weighted by Gasteiger charge is -2.32. The van der Waals surface area contributed by atoms with E-state index in [-0.39, 0.29) is 36.4 Å². The van der Waals surface area contributed by atoms with Crippen LogP contribution in [-0.4, -0.2) is 39.8 Å². The average Bonchev–Trinajstić information content (AvgIpc) is 2.64. The standard InChI is InChI=1S/C19H22FN3O3/c1-22-18(24)7-6-15(21-22)12-19(25)23-10-8-16(9-11-23)26-13-14-4-2-3-5-17(14)20/h2-7,16H,8-13H2,1H3. The average molecular weight is 359 g/mol. The van der Waals surface area contributed by atoms with Gasteiger partial charge in [0.1, 0.15) is 5.82 Å². The molecule has 1 saturated heterocycles. The summed E-state index contributed by atoms with van der Waals surface area (Å²) in [5, 5.41) is 4.09. The van der Waals surface area contributed by atoms with E-state index in [0.29, 0.717) is 24.3 Å². The van der Waals surface area contributed by atoms with Crippen LogP contribution in [0.1, 0.15) is 24.1 Å². The number of hydrogen-bond acceptors (Lipinski definition) is 4. The fourth-order valence-corrected chi connectivity index (χ4v) is 3.01. The third kappa shape index (κ3) is 4.54. The maximum absolute atomic E-state index is 13.6. The molecule has 1 aromatic carbocycles. The summed E-state index contributed by atoms with van der Waals surface area (Å²) in [4.78, 5) is 25.5. The molecular formula is C19H22FN3O3. The molecular weight excluding hydrogens is 337 g/mol. The van der Waals surface area contributed by atoms with Crippen LogP contribution in [0.2, 0.25) is 0 Å². The molecule has 0 atom stereocenters. The van der Waals surface area contributed by atoms with E-state index in [1.54, 1.807) is 36.2 Å². The number of piperidine rings is 1. The zero-order chi connectivity index (χ0) is 18.5. The molecule has 3 rings (SSSR count). The van der Waals surface area contributed by atoms with Gasteiger partial charge in [0.2, 0.25) is 5.91 Å². The molecule has 1 aliphatic heterocycles. The van der Waals surface area contributed by atoms with Crippen molar-refractivity contribution in [1.82, 2.24) is 14.7 Å². The van der Waals surface area contributed by atoms with Crippen molar-refractivity contribution in [1.29, 1.82) is 0 Å². The molecule has 0 radical (unpaired) electrons. The third-order valence-electron chi connectivity index (χ3n) is 4.58. The molecule has 0 bridgehead atoms. The van der Waals surface area contributed by atoms with Gasteiger partial charge in [-0.25, -0.2) is 9.07 Å². The van der Waals surface area contributed by atoms with E-state index < -0.39 is 0 Å². The summed E-state index contributed by atoms with van der Waals surface area (Å²) in [6.07, 6.45) is 1.64. The van der Waals surface area contributed by atoms with Crippen LogP contribution in [-0.2, 0) is 29.6 Å². The first-order chi connectivity index (χ1) is 12.5. The zero-order valence-corrected chi connectivity index (χ0v) is 14.7. The van der Waals surface area contributed by atoms with Crippen molar-refractivity contribution in [3.05, 3.63) is 63.8 Å². The Balaban J connectivity index is 1.47. The number of amides is 1. The van der Waals surface area contributed by atoms with Gasteiger partial charge in [-0.3, -0.25) is 9.59 Å². The monoisotopic (exact) mass is 359 g/mol. The minimum atomic E-state index is -0.259. The number of benzene rings is 1. The van der Waals surface area contributed by atoms with E-state index in [0.717, 1.165) is 12.8 Å². The lowest BCUT2D eigenvalue weighted by atomic mass is 10.1. The second kappa shape index (κ2) is 8.23. The summed E-state index contributed by atoms with van der Waals surface area (Å²) in [7, 11) is 1.56. The molecule has 7 heteroatoms. The number of ether oxygens (including phenoxy) is 1. The SMILES string of the molecule is Cn1nc(CC(=O)N2CCC(OCc3ccccc3F)CC2)ccc1=O. The Morgan fingerprint density at radius 1 is 1.23 bits per heavy atom. The first-order valence-electron chi connectivity index (χ1n) is 8.69. The minimum Gasteiger partial charge on any atom is -0.373 e. The van der Waals surface area contributed by atoms with Crippen LogP contribution < -0.4 is 5.56 Å². The molecule has 0 N–H and O–H groups in total. The fourth-order valence-electron chi connectivity index (χ4n) is 3.01. The van der Waals surface area contributed by atoms with E-state index in [1.165, 1.54) is 16.8 Å². The van der Waals surface area contributed by atoms with Gasteiger partial charge in [0, 0.05) is 31.8 Å². The van der Waals surface area contributed by atoms with E-state index in [1.807, 2.05) is 0 Å². The van der Waals surface area contributed by atoms with Crippen molar-refractivity contribution in [3.63, 3.8) is 0 Å². The Hall–Kier alpha value is -2.54. The molecule has 1 aliphatic rings. The summed E-state index contributed by atoms with van der Waals surface area (Å²) >= 11 is 0. The summed E-state index contributed by atoms with van der Waals surface area (Å²) in [6, 6.07) is 9.59. The maximum atomic E-state index is 13.6. The van der Waals surface area contributed by atoms with Crippen LogP contribution in [0.5, 0.6) is 0 Å². The molecule has 138 valence electrons. The lowest BCUT2D eigenvalue weighted by molar-refractivity contribution is -0.133. The molecule has 1 fully saturated rings. The highest BCUT2D eigenvalue weighted by atomic mass is 19.1. The molecule has 2 aromatic rings. The highest BCUT2D eigenvalue weighted by Crippen LogP contribution is 2.17. The lowest BCUT2D eigenvalue weighted by Crippen LogP contribution is -2.41. The summed E-state index contributed by atoms with van der Waals surface area (Å²) in [6.45, 7) is 1.45. The van der Waals surface area contributed by atoms with Gasteiger partial charge >= 0.3 is 0 Å². The molecule has 0 spiro atoms. The fraction of sp³-hybridized carbons (Fsp3) is 0.421. The van der Waals surface area contributed by atoms with Gasteiger partial charge in [-0.2, -0.15) is 5.10 Å². The Morgan fingerprint density at radius 2 is 1.96 bits per heavy atom. The van der Waals surface area contributed by atoms with Crippen molar-refractivity contribution >= 4 is 5.91 Å². The van der Waals surface area contributed by atoms with Crippen molar-refractivity contribution in [2.45, 2.75) is 32.0 Å². The minimum absolute atomic E-state index is 0.0105. The van der Waals surface area contributed by atoms with E-state index in [4.69, 9.17) is 4.74 Å². The predicted molar refractivity (Wildman–Crippen MR) is 94.0 cm³/mol. The molecule has 0 unspecified atom stereocenters. The first-order valence-corrected chi connectivity index (χ1v) is 8.69. The number of carbonyl (C=O) groups is 1. The molecule has 26 heavy (non-hydrogen) atoms.